The fourth-order valence-corrected chi connectivity index (χ4v) is 4.71. The minimum Gasteiger partial charge on any atom is -0.344 e. The molecular weight excluding hydrogens is 663 g/mol. The Hall–Kier alpha value is -4.85. The molecule has 0 aliphatic rings. The first-order chi connectivity index (χ1) is 22.5. The van der Waals surface area contributed by atoms with E-state index in [-0.39, 0.29) is 17.5 Å². The predicted molar refractivity (Wildman–Crippen MR) is 166 cm³/mol. The smallest absolute Gasteiger partial charge is 0.344 e. The van der Waals surface area contributed by atoms with Crippen molar-refractivity contribution in [2.45, 2.75) is 50.5 Å². The van der Waals surface area contributed by atoms with Gasteiger partial charge < -0.3 is 21.3 Å². The van der Waals surface area contributed by atoms with Gasteiger partial charge in [-0.1, -0.05) is 86.1 Å². The van der Waals surface area contributed by atoms with E-state index >= 15 is 0 Å². The number of nitrogens with one attached hydrogen (secondary N) is 4. The van der Waals surface area contributed by atoms with Crippen LogP contribution in [0.2, 0.25) is 5.02 Å². The monoisotopic (exact) mass is 694 g/mol. The number of hydrogen-bond acceptors (Lipinski definition) is 5. The van der Waals surface area contributed by atoms with Gasteiger partial charge in [-0.2, -0.15) is 22.0 Å². The quantitative estimate of drug-likeness (QED) is 0.145. The molecule has 3 aromatic rings. The maximum atomic E-state index is 14.8. The van der Waals surface area contributed by atoms with Crippen molar-refractivity contribution in [3.8, 4) is 0 Å². The van der Waals surface area contributed by atoms with Crippen LogP contribution >= 0.6 is 11.6 Å². The Morgan fingerprint density at radius 1 is 0.750 bits per heavy atom. The van der Waals surface area contributed by atoms with E-state index in [0.29, 0.717) is 10.6 Å². The van der Waals surface area contributed by atoms with Crippen LogP contribution in [0.3, 0.4) is 0 Å². The van der Waals surface area contributed by atoms with Crippen LogP contribution in [0, 0.1) is 5.92 Å². The maximum absolute atomic E-state index is 14.8. The van der Waals surface area contributed by atoms with Crippen LogP contribution in [-0.4, -0.2) is 60.1 Å². The Bertz CT molecular complexity index is 1610. The molecule has 0 bridgehead atoms. The zero-order valence-electron chi connectivity index (χ0n) is 25.6. The van der Waals surface area contributed by atoms with Crippen molar-refractivity contribution in [3.05, 3.63) is 107 Å². The number of halogens is 6. The van der Waals surface area contributed by atoms with Gasteiger partial charge in [-0.25, -0.2) is 0 Å². The van der Waals surface area contributed by atoms with Crippen molar-refractivity contribution in [2.75, 3.05) is 6.54 Å². The van der Waals surface area contributed by atoms with Gasteiger partial charge in [-0.3, -0.25) is 24.0 Å². The van der Waals surface area contributed by atoms with E-state index in [1.165, 1.54) is 50.2 Å². The van der Waals surface area contributed by atoms with Crippen molar-refractivity contribution >= 4 is 41.0 Å². The fraction of sp³-hybridized carbons (Fsp3) is 0.303. The first-order valence-electron chi connectivity index (χ1n) is 14.5. The number of benzene rings is 3. The molecular formula is C33H32ClF5N4O5. The molecule has 0 aromatic heterocycles. The van der Waals surface area contributed by atoms with Crippen LogP contribution in [0.25, 0.3) is 0 Å². The highest BCUT2D eigenvalue weighted by molar-refractivity contribution is 6.30. The molecule has 0 saturated carbocycles. The van der Waals surface area contributed by atoms with Crippen LogP contribution in [0.4, 0.5) is 22.0 Å². The van der Waals surface area contributed by atoms with Crippen molar-refractivity contribution in [1.82, 2.24) is 21.3 Å². The van der Waals surface area contributed by atoms with E-state index in [4.69, 9.17) is 11.6 Å². The molecule has 1 unspecified atom stereocenters. The highest BCUT2D eigenvalue weighted by Crippen LogP contribution is 2.23. The zero-order chi connectivity index (χ0) is 35.6. The highest BCUT2D eigenvalue weighted by Gasteiger charge is 2.52. The number of amides is 4. The number of carbonyl (C=O) groups is 5. The number of ketones is 1. The van der Waals surface area contributed by atoms with Crippen molar-refractivity contribution < 1.29 is 45.9 Å². The van der Waals surface area contributed by atoms with Crippen LogP contribution in [0.15, 0.2) is 84.9 Å². The molecule has 9 nitrogen and oxygen atoms in total. The van der Waals surface area contributed by atoms with E-state index < -0.39 is 72.1 Å². The largest absolute Gasteiger partial charge is 0.405 e. The molecule has 3 rings (SSSR count). The summed E-state index contributed by atoms with van der Waals surface area (Å²) >= 11 is 6.11. The summed E-state index contributed by atoms with van der Waals surface area (Å²) in [7, 11) is 0. The van der Waals surface area contributed by atoms with E-state index in [2.05, 4.69) is 16.0 Å². The van der Waals surface area contributed by atoms with Crippen LogP contribution in [-0.2, 0) is 25.6 Å². The third kappa shape index (κ3) is 10.6. The number of Topliss-reactive ketones (excluding diaryl/α,β-unsaturated/α-hetero) is 1. The van der Waals surface area contributed by atoms with Gasteiger partial charge in [-0.15, -0.1) is 0 Å². The molecule has 3 atom stereocenters. The summed E-state index contributed by atoms with van der Waals surface area (Å²) < 4.78 is 67.1. The molecule has 48 heavy (non-hydrogen) atoms. The van der Waals surface area contributed by atoms with E-state index in [1.807, 2.05) is 0 Å². The molecule has 15 heteroatoms. The van der Waals surface area contributed by atoms with Crippen molar-refractivity contribution in [3.63, 3.8) is 0 Å². The second-order valence-electron chi connectivity index (χ2n) is 11.0. The third-order valence-electron chi connectivity index (χ3n) is 6.96. The first-order valence-corrected chi connectivity index (χ1v) is 14.9. The number of carbonyl (C=O) groups excluding carboxylic acids is 5. The lowest BCUT2D eigenvalue weighted by Gasteiger charge is -2.28. The van der Waals surface area contributed by atoms with Gasteiger partial charge in [-0.05, 0) is 41.3 Å². The average molecular weight is 695 g/mol. The Kier molecular flexibility index (Phi) is 12.8. The lowest BCUT2D eigenvalue weighted by molar-refractivity contribution is -0.165. The van der Waals surface area contributed by atoms with E-state index in [1.54, 1.807) is 48.5 Å². The highest BCUT2D eigenvalue weighted by atomic mass is 35.5. The third-order valence-corrected chi connectivity index (χ3v) is 7.19. The summed E-state index contributed by atoms with van der Waals surface area (Å²) in [4.78, 5) is 65.2. The predicted octanol–water partition coefficient (Wildman–Crippen LogP) is 4.56. The summed E-state index contributed by atoms with van der Waals surface area (Å²) in [6.45, 7) is 0.429. The number of rotatable bonds is 14. The Labute approximate surface area is 277 Å². The molecule has 0 radical (unpaired) electrons. The second kappa shape index (κ2) is 16.3. The van der Waals surface area contributed by atoms with Crippen molar-refractivity contribution in [2.24, 2.45) is 5.92 Å². The average Bonchev–Trinajstić information content (AvgIpc) is 3.04. The molecule has 0 aliphatic heterocycles. The molecule has 4 amide bonds. The van der Waals surface area contributed by atoms with Gasteiger partial charge >= 0.3 is 12.1 Å². The second-order valence-corrected chi connectivity index (χ2v) is 11.5. The molecule has 0 saturated heterocycles. The summed E-state index contributed by atoms with van der Waals surface area (Å²) in [6, 6.07) is 17.0. The summed E-state index contributed by atoms with van der Waals surface area (Å²) in [5.74, 6) is -13.3. The van der Waals surface area contributed by atoms with Gasteiger partial charge in [0.2, 0.25) is 17.6 Å². The van der Waals surface area contributed by atoms with E-state index in [9.17, 15) is 45.9 Å². The minimum absolute atomic E-state index is 0.0829. The first kappa shape index (κ1) is 37.6. The van der Waals surface area contributed by atoms with Gasteiger partial charge in [0.1, 0.15) is 18.6 Å². The van der Waals surface area contributed by atoms with Gasteiger partial charge in [0.15, 0.2) is 0 Å². The summed E-state index contributed by atoms with van der Waals surface area (Å²) in [5, 5.41) is 8.59. The van der Waals surface area contributed by atoms with Gasteiger partial charge in [0.05, 0.1) is 6.04 Å². The van der Waals surface area contributed by atoms with E-state index in [0.717, 1.165) is 5.32 Å². The molecule has 0 spiro atoms. The number of alkyl halides is 5. The Morgan fingerprint density at radius 2 is 1.35 bits per heavy atom. The molecule has 0 heterocycles. The molecule has 0 fully saturated rings. The normalized spacial score (nSPS) is 13.5. The van der Waals surface area contributed by atoms with Crippen molar-refractivity contribution in [1.29, 1.82) is 0 Å². The molecule has 0 aliphatic carbocycles. The fourth-order valence-electron chi connectivity index (χ4n) is 4.50. The summed E-state index contributed by atoms with van der Waals surface area (Å²) in [5.41, 5.74) is 0.939. The Balaban J connectivity index is 1.90. The van der Waals surface area contributed by atoms with Crippen LogP contribution < -0.4 is 21.3 Å². The lowest BCUT2D eigenvalue weighted by atomic mass is 9.94. The molecule has 3 aromatic carbocycles. The number of hydrogen-bond donors (Lipinski definition) is 4. The molecule has 4 N–H and O–H groups in total. The van der Waals surface area contributed by atoms with Gasteiger partial charge in [0.25, 0.3) is 11.8 Å². The lowest BCUT2D eigenvalue weighted by Crippen LogP contribution is -2.58. The standard InChI is InChI=1S/C33H32ClF5N4O5/c1-19(2)25(27(44)33(38,39)31(48)40-18-32(35,36)37)42-30(47)26(21-11-5-3-6-12-21)43-29(46)24(17-20-10-9-15-23(34)16-20)41-28(45)22-13-7-4-8-14-22/h3-16,19,24-26H,17-18H2,1-2H3,(H,40,48)(H,41,45)(H,42,47)(H,43,46)/t24?,25-,26-/m0/s1. The minimum atomic E-state index is -5.02. The SMILES string of the molecule is CC(C)[C@H](NC(=O)[C@@H](NC(=O)C(Cc1cccc(Cl)c1)NC(=O)c1ccccc1)c1ccccc1)C(=O)C(F)(F)C(=O)NCC(F)(F)F. The van der Waals surface area contributed by atoms with Crippen LogP contribution in [0.1, 0.15) is 41.4 Å². The summed E-state index contributed by atoms with van der Waals surface area (Å²) in [6.07, 6.45) is -5.10. The zero-order valence-corrected chi connectivity index (χ0v) is 26.4. The maximum Gasteiger partial charge on any atom is 0.405 e. The topological polar surface area (TPSA) is 133 Å². The van der Waals surface area contributed by atoms with Gasteiger partial charge in [0, 0.05) is 17.0 Å². The molecule has 256 valence electrons. The van der Waals surface area contributed by atoms with Crippen LogP contribution in [0.5, 0.6) is 0 Å². The Morgan fingerprint density at radius 3 is 1.92 bits per heavy atom.